The molecule has 24 heavy (non-hydrogen) atoms. The number of benzene rings is 1. The summed E-state index contributed by atoms with van der Waals surface area (Å²) in [5.74, 6) is 2.43. The van der Waals surface area contributed by atoms with Crippen LogP contribution in [0.5, 0.6) is 11.5 Å². The van der Waals surface area contributed by atoms with Gasteiger partial charge in [-0.25, -0.2) is 4.79 Å². The molecule has 1 unspecified atom stereocenters. The summed E-state index contributed by atoms with van der Waals surface area (Å²) in [6, 6.07) is 5.10. The average molecular weight is 331 g/mol. The number of rotatable bonds is 4. The molecule has 0 saturated carbocycles. The molecule has 1 atom stereocenters. The number of likely N-dealkylation sites (tertiary alicyclic amines) is 1. The maximum atomic E-state index is 10.9. The first-order valence-corrected chi connectivity index (χ1v) is 7.68. The summed E-state index contributed by atoms with van der Waals surface area (Å²) in [7, 11) is 0. The molecule has 2 aromatic rings. The lowest BCUT2D eigenvalue weighted by molar-refractivity contribution is 0.174. The van der Waals surface area contributed by atoms with E-state index in [1.165, 1.54) is 0 Å². The summed E-state index contributed by atoms with van der Waals surface area (Å²) in [5.41, 5.74) is 5.96. The van der Waals surface area contributed by atoms with Gasteiger partial charge in [-0.3, -0.25) is 4.90 Å². The van der Waals surface area contributed by atoms with Gasteiger partial charge in [0.2, 0.25) is 18.5 Å². The second kappa shape index (κ2) is 6.00. The lowest BCUT2D eigenvalue weighted by atomic mass is 10.2. The van der Waals surface area contributed by atoms with Gasteiger partial charge in [0.25, 0.3) is 0 Å². The van der Waals surface area contributed by atoms with Gasteiger partial charge in [-0.1, -0.05) is 5.16 Å². The Balaban J connectivity index is 1.41. The van der Waals surface area contributed by atoms with Crippen LogP contribution in [-0.4, -0.2) is 47.0 Å². The number of nitrogens with one attached hydrogen (secondary N) is 1. The molecule has 1 fully saturated rings. The first-order chi connectivity index (χ1) is 11.7. The number of ether oxygens (including phenoxy) is 2. The van der Waals surface area contributed by atoms with Crippen molar-refractivity contribution in [1.29, 1.82) is 0 Å². The highest BCUT2D eigenvalue weighted by Gasteiger charge is 2.25. The Morgan fingerprint density at radius 1 is 1.38 bits per heavy atom. The van der Waals surface area contributed by atoms with Crippen LogP contribution in [0, 0.1) is 0 Å². The Kier molecular flexibility index (Phi) is 3.69. The quantitative estimate of drug-likeness (QED) is 0.847. The van der Waals surface area contributed by atoms with E-state index in [2.05, 4.69) is 20.4 Å². The van der Waals surface area contributed by atoms with Gasteiger partial charge < -0.3 is 25.0 Å². The number of amides is 2. The van der Waals surface area contributed by atoms with Crippen LogP contribution in [0.3, 0.4) is 0 Å². The zero-order valence-electron chi connectivity index (χ0n) is 12.9. The number of fused-ring (bicyclic) bond motifs is 1. The summed E-state index contributed by atoms with van der Waals surface area (Å²) in [4.78, 5) is 17.5. The minimum absolute atomic E-state index is 0.0683. The number of aromatic nitrogens is 2. The standard InChI is InChI=1S/C15H17N5O4/c16-15(21)17-10-3-4-20(6-10)7-13-18-14(19-24-13)9-1-2-11-12(5-9)23-8-22-11/h1-2,5,10H,3-4,6-8H2,(H3,16,17,21). The fourth-order valence-electron chi connectivity index (χ4n) is 2.96. The number of carbonyl (C=O) groups excluding carboxylic acids is 1. The van der Waals surface area contributed by atoms with Crippen molar-refractivity contribution in [3.05, 3.63) is 24.1 Å². The van der Waals surface area contributed by atoms with Crippen LogP contribution in [0.25, 0.3) is 11.4 Å². The fourth-order valence-corrected chi connectivity index (χ4v) is 2.96. The van der Waals surface area contributed by atoms with E-state index in [9.17, 15) is 4.79 Å². The summed E-state index contributed by atoms with van der Waals surface area (Å²) in [6.45, 7) is 2.32. The highest BCUT2D eigenvalue weighted by Crippen LogP contribution is 2.35. The van der Waals surface area contributed by atoms with Crippen LogP contribution in [0.1, 0.15) is 12.3 Å². The lowest BCUT2D eigenvalue weighted by Crippen LogP contribution is -2.40. The summed E-state index contributed by atoms with van der Waals surface area (Å²) in [5, 5.41) is 6.74. The van der Waals surface area contributed by atoms with Crippen molar-refractivity contribution < 1.29 is 18.8 Å². The molecule has 0 bridgehead atoms. The summed E-state index contributed by atoms with van der Waals surface area (Å²) < 4.78 is 16.0. The minimum Gasteiger partial charge on any atom is -0.454 e. The van der Waals surface area contributed by atoms with E-state index in [1.807, 2.05) is 18.2 Å². The van der Waals surface area contributed by atoms with Crippen LogP contribution in [-0.2, 0) is 6.54 Å². The van der Waals surface area contributed by atoms with Gasteiger partial charge in [-0.05, 0) is 24.6 Å². The molecule has 1 saturated heterocycles. The van der Waals surface area contributed by atoms with Gasteiger partial charge in [-0.2, -0.15) is 4.98 Å². The maximum absolute atomic E-state index is 10.9. The lowest BCUT2D eigenvalue weighted by Gasteiger charge is -2.13. The zero-order valence-corrected chi connectivity index (χ0v) is 12.9. The smallest absolute Gasteiger partial charge is 0.312 e. The number of hydrogen-bond acceptors (Lipinski definition) is 7. The van der Waals surface area contributed by atoms with E-state index in [0.29, 0.717) is 36.3 Å². The number of primary amides is 1. The molecule has 9 nitrogen and oxygen atoms in total. The van der Waals surface area contributed by atoms with E-state index in [1.54, 1.807) is 0 Å². The Hall–Kier alpha value is -2.81. The van der Waals surface area contributed by atoms with Crippen LogP contribution in [0.15, 0.2) is 22.7 Å². The molecule has 2 aliphatic heterocycles. The van der Waals surface area contributed by atoms with Gasteiger partial charge >= 0.3 is 6.03 Å². The Morgan fingerprint density at radius 2 is 2.25 bits per heavy atom. The average Bonchev–Trinajstić information content (AvgIpc) is 3.27. The van der Waals surface area contributed by atoms with Crippen molar-refractivity contribution in [1.82, 2.24) is 20.4 Å². The fraction of sp³-hybridized carbons (Fsp3) is 0.400. The van der Waals surface area contributed by atoms with E-state index in [0.717, 1.165) is 18.5 Å². The molecule has 2 aliphatic rings. The van der Waals surface area contributed by atoms with Crippen molar-refractivity contribution in [2.75, 3.05) is 19.9 Å². The maximum Gasteiger partial charge on any atom is 0.312 e. The van der Waals surface area contributed by atoms with E-state index in [-0.39, 0.29) is 12.8 Å². The van der Waals surface area contributed by atoms with E-state index >= 15 is 0 Å². The second-order valence-corrected chi connectivity index (χ2v) is 5.81. The second-order valence-electron chi connectivity index (χ2n) is 5.81. The first kappa shape index (κ1) is 14.8. The van der Waals surface area contributed by atoms with Crippen molar-refractivity contribution >= 4 is 6.03 Å². The molecule has 0 aliphatic carbocycles. The van der Waals surface area contributed by atoms with E-state index in [4.69, 9.17) is 19.7 Å². The monoisotopic (exact) mass is 331 g/mol. The molecule has 4 rings (SSSR count). The molecule has 0 spiro atoms. The molecule has 3 heterocycles. The SMILES string of the molecule is NC(=O)NC1CCN(Cc2nc(-c3ccc4c(c3)OCO4)no2)C1. The van der Waals surface area contributed by atoms with Gasteiger partial charge in [0, 0.05) is 24.7 Å². The highest BCUT2D eigenvalue weighted by atomic mass is 16.7. The number of urea groups is 1. The molecule has 1 aromatic heterocycles. The third-order valence-corrected chi connectivity index (χ3v) is 4.08. The topological polar surface area (TPSA) is 116 Å². The molecular weight excluding hydrogens is 314 g/mol. The Morgan fingerprint density at radius 3 is 3.12 bits per heavy atom. The van der Waals surface area contributed by atoms with Crippen LogP contribution >= 0.6 is 0 Å². The molecule has 9 heteroatoms. The van der Waals surface area contributed by atoms with Crippen LogP contribution in [0.2, 0.25) is 0 Å². The van der Waals surface area contributed by atoms with Gasteiger partial charge in [0.05, 0.1) is 6.54 Å². The normalized spacial score (nSPS) is 19.6. The predicted molar refractivity (Wildman–Crippen MR) is 82.3 cm³/mol. The Labute approximate surface area is 137 Å². The molecule has 0 radical (unpaired) electrons. The summed E-state index contributed by atoms with van der Waals surface area (Å²) in [6.07, 6.45) is 0.853. The number of nitrogens with two attached hydrogens (primary N) is 1. The van der Waals surface area contributed by atoms with Gasteiger partial charge in [-0.15, -0.1) is 0 Å². The van der Waals surface area contributed by atoms with Crippen LogP contribution in [0.4, 0.5) is 4.79 Å². The van der Waals surface area contributed by atoms with Gasteiger partial charge in [0.1, 0.15) is 0 Å². The predicted octanol–water partition coefficient (Wildman–Crippen LogP) is 0.708. The van der Waals surface area contributed by atoms with Crippen LogP contribution < -0.4 is 20.5 Å². The van der Waals surface area contributed by atoms with Crippen molar-refractivity contribution in [2.24, 2.45) is 5.73 Å². The zero-order chi connectivity index (χ0) is 16.5. The Bertz CT molecular complexity index is 762. The van der Waals surface area contributed by atoms with E-state index < -0.39 is 6.03 Å². The summed E-state index contributed by atoms with van der Waals surface area (Å²) >= 11 is 0. The number of carbonyl (C=O) groups is 1. The van der Waals surface area contributed by atoms with Crippen molar-refractivity contribution in [3.63, 3.8) is 0 Å². The molecule has 2 amide bonds. The van der Waals surface area contributed by atoms with Gasteiger partial charge in [0.15, 0.2) is 11.5 Å². The molecular formula is C15H17N5O4. The molecule has 1 aromatic carbocycles. The third-order valence-electron chi connectivity index (χ3n) is 4.08. The third kappa shape index (κ3) is 2.98. The number of hydrogen-bond donors (Lipinski definition) is 2. The first-order valence-electron chi connectivity index (χ1n) is 7.68. The minimum atomic E-state index is -0.496. The highest BCUT2D eigenvalue weighted by molar-refractivity contribution is 5.72. The number of nitrogens with zero attached hydrogens (tertiary/aromatic N) is 3. The van der Waals surface area contributed by atoms with Crippen molar-refractivity contribution in [2.45, 2.75) is 19.0 Å². The van der Waals surface area contributed by atoms with Crippen molar-refractivity contribution in [3.8, 4) is 22.9 Å². The molecule has 3 N–H and O–H groups in total. The molecule has 126 valence electrons. The largest absolute Gasteiger partial charge is 0.454 e.